The van der Waals surface area contributed by atoms with Crippen molar-refractivity contribution in [2.24, 2.45) is 0 Å². The molecule has 0 fully saturated rings. The molecule has 0 radical (unpaired) electrons. The second-order valence-corrected chi connectivity index (χ2v) is 4.37. The second-order valence-electron chi connectivity index (χ2n) is 4.37. The van der Waals surface area contributed by atoms with Crippen molar-refractivity contribution in [3.05, 3.63) is 72.3 Å². The van der Waals surface area contributed by atoms with Crippen LogP contribution in [0.1, 0.15) is 15.9 Å². The molecule has 4 heteroatoms. The minimum atomic E-state index is -0.415. The van der Waals surface area contributed by atoms with Gasteiger partial charge in [0.05, 0.1) is 12.7 Å². The summed E-state index contributed by atoms with van der Waals surface area (Å²) in [7, 11) is 1.32. The average molecular weight is 281 g/mol. The first-order valence-electron chi connectivity index (χ1n) is 6.36. The van der Waals surface area contributed by atoms with Crippen molar-refractivity contribution < 1.29 is 14.3 Å². The van der Waals surface area contributed by atoms with Gasteiger partial charge in [-0.2, -0.15) is 0 Å². The number of methoxy groups -OCH3 is 1. The minimum Gasteiger partial charge on any atom is -0.465 e. The highest BCUT2D eigenvalue weighted by atomic mass is 16.5. The van der Waals surface area contributed by atoms with Gasteiger partial charge < -0.3 is 10.1 Å². The highest BCUT2D eigenvalue weighted by Gasteiger charge is 2.10. The Morgan fingerprint density at radius 2 is 1.57 bits per heavy atom. The first-order valence-corrected chi connectivity index (χ1v) is 6.36. The Bertz CT molecular complexity index is 660. The van der Waals surface area contributed by atoms with Crippen LogP contribution in [-0.2, 0) is 9.53 Å². The fourth-order valence-corrected chi connectivity index (χ4v) is 1.78. The van der Waals surface area contributed by atoms with Gasteiger partial charge in [0.2, 0.25) is 0 Å². The molecule has 21 heavy (non-hydrogen) atoms. The van der Waals surface area contributed by atoms with Crippen molar-refractivity contribution in [3.8, 4) is 0 Å². The van der Waals surface area contributed by atoms with Gasteiger partial charge in [-0.05, 0) is 29.8 Å². The van der Waals surface area contributed by atoms with Crippen molar-refractivity contribution in [2.75, 3.05) is 12.4 Å². The fraction of sp³-hybridized carbons (Fsp3) is 0.0588. The van der Waals surface area contributed by atoms with E-state index in [1.54, 1.807) is 24.3 Å². The van der Waals surface area contributed by atoms with E-state index in [0.29, 0.717) is 16.8 Å². The van der Waals surface area contributed by atoms with Gasteiger partial charge >= 0.3 is 5.97 Å². The molecule has 0 unspecified atom stereocenters. The van der Waals surface area contributed by atoms with Gasteiger partial charge in [0.15, 0.2) is 0 Å². The predicted octanol–water partition coefficient (Wildman–Crippen LogP) is 3.13. The van der Waals surface area contributed by atoms with Crippen LogP contribution in [0.25, 0.3) is 5.57 Å². The molecule has 0 aliphatic carbocycles. The molecule has 0 saturated carbocycles. The number of carbonyl (C=O) groups excluding carboxylic acids is 2. The van der Waals surface area contributed by atoms with E-state index in [1.807, 2.05) is 30.3 Å². The van der Waals surface area contributed by atoms with Crippen LogP contribution in [0.2, 0.25) is 0 Å². The highest BCUT2D eigenvalue weighted by molar-refractivity contribution is 6.24. The highest BCUT2D eigenvalue weighted by Crippen LogP contribution is 2.16. The van der Waals surface area contributed by atoms with E-state index in [1.165, 1.54) is 7.11 Å². The zero-order valence-electron chi connectivity index (χ0n) is 11.6. The fourth-order valence-electron chi connectivity index (χ4n) is 1.78. The second kappa shape index (κ2) is 6.52. The van der Waals surface area contributed by atoms with Crippen LogP contribution in [0.3, 0.4) is 0 Å². The number of ether oxygens (including phenoxy) is 1. The summed E-state index contributed by atoms with van der Waals surface area (Å²) in [6.07, 6.45) is 0. The van der Waals surface area contributed by atoms with Crippen molar-refractivity contribution >= 4 is 23.1 Å². The lowest BCUT2D eigenvalue weighted by atomic mass is 10.1. The number of rotatable bonds is 4. The lowest BCUT2D eigenvalue weighted by Crippen LogP contribution is -2.13. The molecule has 2 aromatic rings. The first-order chi connectivity index (χ1) is 10.1. The average Bonchev–Trinajstić information content (AvgIpc) is 2.55. The molecule has 106 valence electrons. The van der Waals surface area contributed by atoms with E-state index < -0.39 is 5.97 Å². The van der Waals surface area contributed by atoms with Crippen molar-refractivity contribution in [1.82, 2.24) is 0 Å². The Morgan fingerprint density at radius 1 is 0.952 bits per heavy atom. The number of amides is 1. The number of benzene rings is 2. The van der Waals surface area contributed by atoms with Gasteiger partial charge in [-0.1, -0.05) is 36.9 Å². The van der Waals surface area contributed by atoms with Gasteiger partial charge in [-0.15, -0.1) is 0 Å². The molecule has 0 atom stereocenters. The molecule has 0 aliphatic rings. The molecule has 2 rings (SSSR count). The quantitative estimate of drug-likeness (QED) is 0.692. The Kier molecular flexibility index (Phi) is 4.51. The summed E-state index contributed by atoms with van der Waals surface area (Å²) < 4.78 is 4.61. The van der Waals surface area contributed by atoms with Crippen molar-refractivity contribution in [2.45, 2.75) is 0 Å². The molecule has 1 N–H and O–H groups in total. The summed E-state index contributed by atoms with van der Waals surface area (Å²) in [6.45, 7) is 3.79. The number of hydrogen-bond donors (Lipinski definition) is 1. The number of esters is 1. The zero-order chi connectivity index (χ0) is 15.2. The molecular formula is C17H15NO3. The van der Waals surface area contributed by atoms with E-state index in [-0.39, 0.29) is 5.91 Å². The normalized spacial score (nSPS) is 9.76. The predicted molar refractivity (Wildman–Crippen MR) is 81.9 cm³/mol. The minimum absolute atomic E-state index is 0.285. The molecule has 4 nitrogen and oxygen atoms in total. The molecule has 0 heterocycles. The monoisotopic (exact) mass is 281 g/mol. The SMILES string of the molecule is C=C(C(=O)Nc1ccc(C(=O)OC)cc1)c1ccccc1. The molecule has 0 aliphatic heterocycles. The van der Waals surface area contributed by atoms with Crippen LogP contribution in [-0.4, -0.2) is 19.0 Å². The van der Waals surface area contributed by atoms with Gasteiger partial charge in [-0.25, -0.2) is 4.79 Å². The third kappa shape index (κ3) is 3.57. The maximum atomic E-state index is 12.1. The number of anilines is 1. The Labute approximate surface area is 123 Å². The molecule has 0 aromatic heterocycles. The molecule has 0 saturated heterocycles. The maximum absolute atomic E-state index is 12.1. The summed E-state index contributed by atoms with van der Waals surface area (Å²) >= 11 is 0. The molecular weight excluding hydrogens is 266 g/mol. The van der Waals surface area contributed by atoms with Gasteiger partial charge in [0.1, 0.15) is 0 Å². The zero-order valence-corrected chi connectivity index (χ0v) is 11.6. The van der Waals surface area contributed by atoms with Crippen molar-refractivity contribution in [3.63, 3.8) is 0 Å². The lowest BCUT2D eigenvalue weighted by molar-refractivity contribution is -0.111. The van der Waals surface area contributed by atoms with E-state index in [0.717, 1.165) is 5.56 Å². The van der Waals surface area contributed by atoms with Gasteiger partial charge in [0, 0.05) is 11.3 Å². The molecule has 2 aromatic carbocycles. The maximum Gasteiger partial charge on any atom is 0.337 e. The third-order valence-corrected chi connectivity index (χ3v) is 2.96. The van der Waals surface area contributed by atoms with Crippen LogP contribution in [0.5, 0.6) is 0 Å². The lowest BCUT2D eigenvalue weighted by Gasteiger charge is -2.08. The number of carbonyl (C=O) groups is 2. The standard InChI is InChI=1S/C17H15NO3/c1-12(13-6-4-3-5-7-13)16(19)18-15-10-8-14(9-11-15)17(20)21-2/h3-11H,1H2,2H3,(H,18,19). The largest absolute Gasteiger partial charge is 0.465 e. The Morgan fingerprint density at radius 3 is 2.14 bits per heavy atom. The summed E-state index contributed by atoms with van der Waals surface area (Å²) in [5.74, 6) is -0.700. The first kappa shape index (κ1) is 14.5. The van der Waals surface area contributed by atoms with E-state index in [4.69, 9.17) is 0 Å². The molecule has 1 amide bonds. The Hall–Kier alpha value is -2.88. The topological polar surface area (TPSA) is 55.4 Å². The summed E-state index contributed by atoms with van der Waals surface area (Å²) in [5, 5.41) is 2.73. The number of nitrogens with one attached hydrogen (secondary N) is 1. The third-order valence-electron chi connectivity index (χ3n) is 2.96. The van der Waals surface area contributed by atoms with Crippen LogP contribution in [0.4, 0.5) is 5.69 Å². The van der Waals surface area contributed by atoms with Crippen LogP contribution in [0.15, 0.2) is 61.2 Å². The number of hydrogen-bond acceptors (Lipinski definition) is 3. The van der Waals surface area contributed by atoms with Gasteiger partial charge in [0.25, 0.3) is 5.91 Å². The Balaban J connectivity index is 2.06. The molecule has 0 spiro atoms. The van der Waals surface area contributed by atoms with E-state index in [9.17, 15) is 9.59 Å². The van der Waals surface area contributed by atoms with Crippen molar-refractivity contribution in [1.29, 1.82) is 0 Å². The van der Waals surface area contributed by atoms with Crippen LogP contribution < -0.4 is 5.32 Å². The van der Waals surface area contributed by atoms with E-state index >= 15 is 0 Å². The van der Waals surface area contributed by atoms with E-state index in [2.05, 4.69) is 16.6 Å². The van der Waals surface area contributed by atoms with Crippen LogP contribution >= 0.6 is 0 Å². The summed E-state index contributed by atoms with van der Waals surface area (Å²) in [6, 6.07) is 15.7. The molecule has 0 bridgehead atoms. The summed E-state index contributed by atoms with van der Waals surface area (Å²) in [4.78, 5) is 23.4. The van der Waals surface area contributed by atoms with Gasteiger partial charge in [-0.3, -0.25) is 4.79 Å². The summed E-state index contributed by atoms with van der Waals surface area (Å²) in [5.41, 5.74) is 2.16. The van der Waals surface area contributed by atoms with Crippen LogP contribution in [0, 0.1) is 0 Å². The smallest absolute Gasteiger partial charge is 0.337 e.